The van der Waals surface area contributed by atoms with Gasteiger partial charge in [0.15, 0.2) is 0 Å². The van der Waals surface area contributed by atoms with Crippen LogP contribution in [0.5, 0.6) is 0 Å². The molecule has 0 saturated heterocycles. The molecule has 0 spiro atoms. The molecule has 23 heavy (non-hydrogen) atoms. The predicted molar refractivity (Wildman–Crippen MR) is 85.2 cm³/mol. The van der Waals surface area contributed by atoms with Gasteiger partial charge in [-0.1, -0.05) is 6.92 Å². The van der Waals surface area contributed by atoms with Gasteiger partial charge in [-0.25, -0.2) is 14.3 Å². The second-order valence-corrected chi connectivity index (χ2v) is 6.87. The van der Waals surface area contributed by atoms with E-state index >= 15 is 0 Å². The Morgan fingerprint density at radius 3 is 2.83 bits per heavy atom. The summed E-state index contributed by atoms with van der Waals surface area (Å²) in [4.78, 5) is 20.9. The maximum absolute atomic E-state index is 12.2. The second kappa shape index (κ2) is 5.52. The third kappa shape index (κ3) is 2.90. The van der Waals surface area contributed by atoms with Gasteiger partial charge in [0.05, 0.1) is 0 Å². The van der Waals surface area contributed by atoms with Crippen molar-refractivity contribution in [1.82, 2.24) is 19.6 Å². The lowest BCUT2D eigenvalue weighted by atomic mass is 9.95. The third-order valence-corrected chi connectivity index (χ3v) is 4.83. The van der Waals surface area contributed by atoms with Crippen LogP contribution in [0.4, 0.5) is 0 Å². The lowest BCUT2D eigenvalue weighted by Crippen LogP contribution is -2.36. The number of aryl methyl sites for hydroxylation is 2. The van der Waals surface area contributed by atoms with E-state index in [0.29, 0.717) is 23.8 Å². The number of thioether (sulfide) groups is 1. The van der Waals surface area contributed by atoms with Gasteiger partial charge in [-0.05, 0) is 45.0 Å². The van der Waals surface area contributed by atoms with Gasteiger partial charge in [0.2, 0.25) is 5.16 Å². The van der Waals surface area contributed by atoms with Crippen molar-refractivity contribution >= 4 is 23.5 Å². The van der Waals surface area contributed by atoms with Gasteiger partial charge < -0.3 is 9.84 Å². The zero-order chi connectivity index (χ0) is 16.8. The van der Waals surface area contributed by atoms with Crippen molar-refractivity contribution < 1.29 is 14.6 Å². The minimum atomic E-state index is -0.660. The Kier molecular flexibility index (Phi) is 3.79. The average molecular weight is 334 g/mol. The molecule has 0 amide bonds. The van der Waals surface area contributed by atoms with Crippen LogP contribution in [0, 0.1) is 13.8 Å². The molecule has 0 bridgehead atoms. The van der Waals surface area contributed by atoms with Gasteiger partial charge in [-0.3, -0.25) is 0 Å². The molecule has 2 aromatic rings. The lowest BCUT2D eigenvalue weighted by Gasteiger charge is -2.32. The largest absolute Gasteiger partial charge is 0.511 e. The Morgan fingerprint density at radius 1 is 1.43 bits per heavy atom. The quantitative estimate of drug-likeness (QED) is 0.863. The Bertz CT molecular complexity index is 829. The van der Waals surface area contributed by atoms with Crippen LogP contribution in [0.3, 0.4) is 0 Å². The number of carbonyl (C=O) groups excluding carboxylic acids is 1. The van der Waals surface area contributed by atoms with Gasteiger partial charge in [0, 0.05) is 17.8 Å². The molecule has 0 aliphatic carbocycles. The Hall–Kier alpha value is -2.09. The SMILES string of the molecule is CCC1(C)CC(O)=C(Sc2nc3nc(C)cc(C)n3n2)C(=O)O1. The smallest absolute Gasteiger partial charge is 0.349 e. The molecule has 122 valence electrons. The van der Waals surface area contributed by atoms with Crippen molar-refractivity contribution in [1.29, 1.82) is 0 Å². The number of cyclic esters (lactones) is 1. The maximum Gasteiger partial charge on any atom is 0.349 e. The minimum Gasteiger partial charge on any atom is -0.511 e. The number of ether oxygens (including phenoxy) is 1. The van der Waals surface area contributed by atoms with Crippen molar-refractivity contribution in [2.45, 2.75) is 51.3 Å². The second-order valence-electron chi connectivity index (χ2n) is 5.89. The fourth-order valence-corrected chi connectivity index (χ4v) is 3.19. The number of hydrogen-bond donors (Lipinski definition) is 1. The maximum atomic E-state index is 12.2. The highest BCUT2D eigenvalue weighted by molar-refractivity contribution is 8.03. The van der Waals surface area contributed by atoms with E-state index in [1.807, 2.05) is 33.8 Å². The van der Waals surface area contributed by atoms with Crippen molar-refractivity contribution in [3.05, 3.63) is 28.1 Å². The molecular weight excluding hydrogens is 316 g/mol. The summed E-state index contributed by atoms with van der Waals surface area (Å²) in [6.45, 7) is 7.51. The molecule has 0 radical (unpaired) electrons. The standard InChI is InChI=1S/C15H18N4O3S/c1-5-15(4)7-10(20)11(12(21)22-15)23-14-17-13-16-8(2)6-9(3)19(13)18-14/h6,20H,5,7H2,1-4H3. The van der Waals surface area contributed by atoms with Crippen molar-refractivity contribution in [2.75, 3.05) is 0 Å². The number of aliphatic hydroxyl groups is 1. The molecule has 1 atom stereocenters. The van der Waals surface area contributed by atoms with E-state index in [4.69, 9.17) is 4.74 Å². The molecule has 7 nitrogen and oxygen atoms in total. The van der Waals surface area contributed by atoms with Gasteiger partial charge >= 0.3 is 5.97 Å². The summed E-state index contributed by atoms with van der Waals surface area (Å²) in [6.07, 6.45) is 0.928. The number of aromatic nitrogens is 4. The summed E-state index contributed by atoms with van der Waals surface area (Å²) in [5.41, 5.74) is 1.08. The van der Waals surface area contributed by atoms with Crippen LogP contribution >= 0.6 is 11.8 Å². The van der Waals surface area contributed by atoms with Gasteiger partial charge in [-0.2, -0.15) is 4.98 Å². The normalized spacial score (nSPS) is 21.8. The third-order valence-electron chi connectivity index (χ3n) is 3.87. The zero-order valence-corrected chi connectivity index (χ0v) is 14.3. The van der Waals surface area contributed by atoms with E-state index < -0.39 is 11.6 Å². The van der Waals surface area contributed by atoms with E-state index in [9.17, 15) is 9.90 Å². The molecule has 0 saturated carbocycles. The fourth-order valence-electron chi connectivity index (χ4n) is 2.44. The van der Waals surface area contributed by atoms with Crippen LogP contribution < -0.4 is 0 Å². The predicted octanol–water partition coefficient (Wildman–Crippen LogP) is 2.72. The summed E-state index contributed by atoms with van der Waals surface area (Å²) < 4.78 is 7.05. The molecule has 1 N–H and O–H groups in total. The fraction of sp³-hybridized carbons (Fsp3) is 0.467. The molecule has 1 aliphatic rings. The zero-order valence-electron chi connectivity index (χ0n) is 13.5. The van der Waals surface area contributed by atoms with Crippen molar-refractivity contribution in [3.63, 3.8) is 0 Å². The van der Waals surface area contributed by atoms with Crippen LogP contribution in [0.2, 0.25) is 0 Å². The lowest BCUT2D eigenvalue weighted by molar-refractivity contribution is -0.155. The monoisotopic (exact) mass is 334 g/mol. The highest BCUT2D eigenvalue weighted by Gasteiger charge is 2.37. The highest BCUT2D eigenvalue weighted by atomic mass is 32.2. The van der Waals surface area contributed by atoms with E-state index in [0.717, 1.165) is 23.1 Å². The number of fused-ring (bicyclic) bond motifs is 1. The van der Waals surface area contributed by atoms with Crippen LogP contribution in [0.15, 0.2) is 21.9 Å². The van der Waals surface area contributed by atoms with Crippen LogP contribution in [-0.4, -0.2) is 36.3 Å². The number of esters is 1. The van der Waals surface area contributed by atoms with Gasteiger partial charge in [-0.15, -0.1) is 5.10 Å². The summed E-state index contributed by atoms with van der Waals surface area (Å²) in [5, 5.41) is 14.9. The van der Waals surface area contributed by atoms with Gasteiger partial charge in [0.1, 0.15) is 16.3 Å². The molecule has 1 aliphatic heterocycles. The number of nitrogens with zero attached hydrogens (tertiary/aromatic N) is 4. The van der Waals surface area contributed by atoms with Gasteiger partial charge in [0.25, 0.3) is 5.78 Å². The van der Waals surface area contributed by atoms with Crippen LogP contribution in [0.25, 0.3) is 5.78 Å². The minimum absolute atomic E-state index is 0.0234. The van der Waals surface area contributed by atoms with E-state index in [-0.39, 0.29) is 10.7 Å². The van der Waals surface area contributed by atoms with Crippen molar-refractivity contribution in [3.8, 4) is 0 Å². The first-order valence-electron chi connectivity index (χ1n) is 7.35. The van der Waals surface area contributed by atoms with Crippen LogP contribution in [0.1, 0.15) is 38.1 Å². The number of rotatable bonds is 3. The summed E-state index contributed by atoms with van der Waals surface area (Å²) in [5.74, 6) is -0.0502. The Balaban J connectivity index is 1.94. The molecular formula is C15H18N4O3S. The topological polar surface area (TPSA) is 89.6 Å². The highest BCUT2D eigenvalue weighted by Crippen LogP contribution is 2.37. The van der Waals surface area contributed by atoms with Crippen molar-refractivity contribution in [2.24, 2.45) is 0 Å². The molecule has 8 heteroatoms. The number of hydrogen-bond acceptors (Lipinski definition) is 7. The first kappa shape index (κ1) is 15.8. The molecule has 0 fully saturated rings. The Morgan fingerprint density at radius 2 is 2.17 bits per heavy atom. The molecule has 3 rings (SSSR count). The summed E-state index contributed by atoms with van der Waals surface area (Å²) in [6, 6.07) is 1.90. The average Bonchev–Trinajstić information content (AvgIpc) is 2.86. The molecule has 1 unspecified atom stereocenters. The number of carbonyl (C=O) groups is 1. The van der Waals surface area contributed by atoms with E-state index in [1.165, 1.54) is 0 Å². The summed E-state index contributed by atoms with van der Waals surface area (Å²) >= 11 is 1.00. The molecule has 2 aromatic heterocycles. The first-order valence-corrected chi connectivity index (χ1v) is 8.17. The first-order chi connectivity index (χ1) is 10.8. The summed E-state index contributed by atoms with van der Waals surface area (Å²) in [7, 11) is 0. The molecule has 0 aromatic carbocycles. The Labute approximate surface area is 137 Å². The van der Waals surface area contributed by atoms with Crippen LogP contribution in [-0.2, 0) is 9.53 Å². The number of aliphatic hydroxyl groups excluding tert-OH is 1. The molecule has 3 heterocycles. The van der Waals surface area contributed by atoms with E-state index in [2.05, 4.69) is 15.1 Å². The van der Waals surface area contributed by atoms with E-state index in [1.54, 1.807) is 4.52 Å².